The standard InChI is InChI=1S/C26H28N2O2Si/c1-27(2)17-11-13-21-23(15-17)31(5,6)24-16-18(28(3)4)12-14-22(24)25(21)19-9-7-8-10-20(19)26(29)30/h7-16H,1-6H3/i1D3,2D3,3D3,4D3. The Bertz CT molecular complexity index is 1590. The van der Waals surface area contributed by atoms with Gasteiger partial charge in [0.2, 0.25) is 0 Å². The third kappa shape index (κ3) is 3.39. The molecule has 0 radical (unpaired) electrons. The summed E-state index contributed by atoms with van der Waals surface area (Å²) < 4.78 is 95.2. The first kappa shape index (κ1) is 10.9. The molecule has 2 aliphatic rings. The fourth-order valence-corrected chi connectivity index (χ4v) is 7.34. The van der Waals surface area contributed by atoms with Gasteiger partial charge >= 0.3 is 0 Å². The Kier molecular flexibility index (Phi) is 2.64. The van der Waals surface area contributed by atoms with Gasteiger partial charge in [-0.1, -0.05) is 43.4 Å². The van der Waals surface area contributed by atoms with Crippen LogP contribution in [0.3, 0.4) is 0 Å². The largest absolute Gasteiger partial charge is 0.545 e. The quantitative estimate of drug-likeness (QED) is 0.544. The van der Waals surface area contributed by atoms with Gasteiger partial charge < -0.3 is 14.8 Å². The molecule has 1 heterocycles. The maximum Gasteiger partial charge on any atom is 0.199 e. The molecule has 0 aromatic heterocycles. The number of nitrogens with zero attached hydrogens (tertiary/aromatic N) is 2. The van der Waals surface area contributed by atoms with Crippen LogP contribution in [-0.2, 0) is 0 Å². The number of carbonyl (C=O) groups excluding carboxylic acids is 1. The van der Waals surface area contributed by atoms with Crippen molar-refractivity contribution in [2.24, 2.45) is 0 Å². The van der Waals surface area contributed by atoms with Crippen LogP contribution in [-0.4, -0.2) is 52.2 Å². The molecule has 4 nitrogen and oxygen atoms in total. The van der Waals surface area contributed by atoms with Crippen molar-refractivity contribution < 1.29 is 30.9 Å². The van der Waals surface area contributed by atoms with Gasteiger partial charge in [0.1, 0.15) is 22.0 Å². The first-order chi connectivity index (χ1) is 19.5. The zero-order valence-corrected chi connectivity index (χ0v) is 18.0. The lowest BCUT2D eigenvalue weighted by Crippen LogP contribution is -2.49. The first-order valence-corrected chi connectivity index (χ1v) is 12.6. The van der Waals surface area contributed by atoms with E-state index in [-0.39, 0.29) is 22.5 Å². The summed E-state index contributed by atoms with van der Waals surface area (Å²) in [6, 6.07) is 10.5. The van der Waals surface area contributed by atoms with E-state index in [1.807, 2.05) is 13.1 Å². The van der Waals surface area contributed by atoms with Crippen molar-refractivity contribution in [1.29, 1.82) is 0 Å². The molecule has 0 N–H and O–H groups in total. The van der Waals surface area contributed by atoms with Crippen LogP contribution in [0.5, 0.6) is 0 Å². The predicted octanol–water partition coefficient (Wildman–Crippen LogP) is 2.60. The molecule has 1 aliphatic carbocycles. The Hall–Kier alpha value is -3.18. The van der Waals surface area contributed by atoms with Gasteiger partial charge in [0.05, 0.1) is 14.2 Å². The number of allylic oxidation sites excluding steroid dienone is 5. The van der Waals surface area contributed by atoms with E-state index in [1.54, 1.807) is 24.3 Å². The molecule has 0 saturated carbocycles. The van der Waals surface area contributed by atoms with E-state index in [2.05, 4.69) is 0 Å². The Morgan fingerprint density at radius 2 is 1.84 bits per heavy atom. The lowest BCUT2D eigenvalue weighted by molar-refractivity contribution is -0.462. The lowest BCUT2D eigenvalue weighted by atomic mass is 9.87. The Morgan fingerprint density at radius 1 is 1.06 bits per heavy atom. The van der Waals surface area contributed by atoms with Crippen LogP contribution in [0.15, 0.2) is 71.5 Å². The summed E-state index contributed by atoms with van der Waals surface area (Å²) in [7, 11) is -3.01. The van der Waals surface area contributed by atoms with E-state index in [4.69, 9.17) is 16.4 Å². The molecule has 158 valence electrons. The van der Waals surface area contributed by atoms with Gasteiger partial charge in [-0.2, -0.15) is 0 Å². The summed E-state index contributed by atoms with van der Waals surface area (Å²) >= 11 is 0. The fraction of sp³-hybridized carbons (Fsp3) is 0.231. The van der Waals surface area contributed by atoms with Crippen LogP contribution in [0, 0.1) is 0 Å². The summed E-state index contributed by atoms with van der Waals surface area (Å²) in [5.74, 6) is -1.45. The van der Waals surface area contributed by atoms with Gasteiger partial charge in [-0.15, -0.1) is 0 Å². The number of benzene rings is 2. The topological polar surface area (TPSA) is 46.4 Å². The number of hydrogen-bond donors (Lipinski definition) is 0. The van der Waals surface area contributed by atoms with Crippen molar-refractivity contribution in [1.82, 2.24) is 0 Å². The highest BCUT2D eigenvalue weighted by Crippen LogP contribution is 2.42. The lowest BCUT2D eigenvalue weighted by Gasteiger charge is -2.38. The average molecular weight is 441 g/mol. The van der Waals surface area contributed by atoms with Gasteiger partial charge in [0.15, 0.2) is 5.71 Å². The second-order valence-electron chi connectivity index (χ2n) is 7.96. The molecular weight excluding hydrogens is 400 g/mol. The maximum atomic E-state index is 12.2. The van der Waals surface area contributed by atoms with Gasteiger partial charge in [-0.05, 0) is 50.9 Å². The summed E-state index contributed by atoms with van der Waals surface area (Å²) in [5.41, 5.74) is 1.39. The molecule has 2 aromatic carbocycles. The number of aromatic carboxylic acids is 1. The number of carbonyl (C=O) groups is 1. The number of anilines is 1. The number of carboxylic acids is 1. The summed E-state index contributed by atoms with van der Waals surface area (Å²) in [4.78, 5) is 12.5. The van der Waals surface area contributed by atoms with Crippen molar-refractivity contribution in [2.45, 2.75) is 13.1 Å². The highest BCUT2D eigenvalue weighted by Gasteiger charge is 2.40. The normalized spacial score (nSPS) is 23.8. The molecule has 0 bridgehead atoms. The van der Waals surface area contributed by atoms with Crippen molar-refractivity contribution in [3.8, 4) is 0 Å². The van der Waals surface area contributed by atoms with E-state index in [0.29, 0.717) is 36.6 Å². The monoisotopic (exact) mass is 440 g/mol. The molecule has 5 heteroatoms. The van der Waals surface area contributed by atoms with E-state index in [1.165, 1.54) is 36.4 Å². The van der Waals surface area contributed by atoms with Crippen LogP contribution in [0.1, 0.15) is 37.9 Å². The first-order valence-electron chi connectivity index (χ1n) is 15.6. The molecule has 1 aliphatic heterocycles. The zero-order valence-electron chi connectivity index (χ0n) is 29.0. The number of rotatable bonds is 3. The maximum absolute atomic E-state index is 12.2. The van der Waals surface area contributed by atoms with Crippen LogP contribution >= 0.6 is 0 Å². The zero-order chi connectivity index (χ0) is 32.5. The van der Waals surface area contributed by atoms with Gasteiger partial charge in [0.25, 0.3) is 0 Å². The average Bonchev–Trinajstić information content (AvgIpc) is 2.81. The molecule has 0 fully saturated rings. The summed E-state index contributed by atoms with van der Waals surface area (Å²) in [6.07, 6.45) is 4.37. The van der Waals surface area contributed by atoms with Gasteiger partial charge in [-0.3, -0.25) is 0 Å². The smallest absolute Gasteiger partial charge is 0.199 e. The van der Waals surface area contributed by atoms with Crippen molar-refractivity contribution in [3.63, 3.8) is 0 Å². The van der Waals surface area contributed by atoms with Gasteiger partial charge in [-0.25, -0.2) is 4.58 Å². The van der Waals surface area contributed by atoms with Crippen molar-refractivity contribution in [3.05, 3.63) is 88.2 Å². The molecule has 0 unspecified atom stereocenters. The highest BCUT2D eigenvalue weighted by atomic mass is 28.3. The minimum absolute atomic E-state index is 0.113. The molecule has 0 atom stereocenters. The molecule has 0 saturated heterocycles. The SMILES string of the molecule is [2H]C([2H])([2H])N(c1ccc2c(c1)[Si](C)(C)C1=CC(=[N+](C([2H])([2H])[2H])C([2H])([2H])[2H])C=CC1=C2c1ccccc1C(=O)[O-])C([2H])([2H])[2H]. The minimum Gasteiger partial charge on any atom is -0.545 e. The summed E-state index contributed by atoms with van der Waals surface area (Å²) in [6.45, 7) is -8.36. The summed E-state index contributed by atoms with van der Waals surface area (Å²) in [5, 5.41) is 13.3. The fourth-order valence-electron chi connectivity index (χ4n) is 4.27. The second kappa shape index (κ2) is 7.50. The third-order valence-electron chi connectivity index (χ3n) is 5.82. The van der Waals surface area contributed by atoms with Crippen LogP contribution in [0.4, 0.5) is 5.69 Å². The predicted molar refractivity (Wildman–Crippen MR) is 129 cm³/mol. The number of fused-ring (bicyclic) bond motifs is 2. The van der Waals surface area contributed by atoms with Crippen LogP contribution < -0.4 is 15.2 Å². The van der Waals surface area contributed by atoms with Crippen LogP contribution in [0.2, 0.25) is 13.1 Å². The Morgan fingerprint density at radius 3 is 2.55 bits per heavy atom. The molecule has 4 rings (SSSR count). The Labute approximate surface area is 202 Å². The minimum atomic E-state index is -3.03. The third-order valence-corrected chi connectivity index (χ3v) is 9.35. The van der Waals surface area contributed by atoms with Crippen LogP contribution in [0.25, 0.3) is 5.57 Å². The van der Waals surface area contributed by atoms with E-state index >= 15 is 0 Å². The highest BCUT2D eigenvalue weighted by molar-refractivity contribution is 6.98. The van der Waals surface area contributed by atoms with Crippen molar-refractivity contribution >= 4 is 36.2 Å². The molecule has 0 spiro atoms. The molecule has 0 amide bonds. The van der Waals surface area contributed by atoms with Crippen molar-refractivity contribution in [2.75, 3.05) is 32.8 Å². The van der Waals surface area contributed by atoms with E-state index in [9.17, 15) is 9.90 Å². The number of carboxylic acid groups (broad SMARTS) is 1. The number of hydrogen-bond acceptors (Lipinski definition) is 3. The molecular formula is C26H28N2O2Si. The van der Waals surface area contributed by atoms with E-state index in [0.717, 1.165) is 0 Å². The second-order valence-corrected chi connectivity index (χ2v) is 12.3. The Balaban J connectivity index is 2.16. The molecule has 2 aromatic rings. The van der Waals surface area contributed by atoms with E-state index < -0.39 is 41.9 Å². The van der Waals surface area contributed by atoms with Gasteiger partial charge in [0, 0.05) is 45.6 Å². The molecule has 31 heavy (non-hydrogen) atoms.